The van der Waals surface area contributed by atoms with Gasteiger partial charge in [0, 0.05) is 5.69 Å². The monoisotopic (exact) mass is 271 g/mol. The Bertz CT molecular complexity index is 472. The summed E-state index contributed by atoms with van der Waals surface area (Å²) in [4.78, 5) is 13.9. The van der Waals surface area contributed by atoms with Gasteiger partial charge in [0.1, 0.15) is 0 Å². The molecular weight excluding hydrogens is 265 g/mol. The highest BCUT2D eigenvalue weighted by Gasteiger charge is 2.36. The summed E-state index contributed by atoms with van der Waals surface area (Å²) in [7, 11) is 0. The number of nitrogens with zero attached hydrogens (tertiary/aromatic N) is 1. The van der Waals surface area contributed by atoms with E-state index in [0.717, 1.165) is 0 Å². The van der Waals surface area contributed by atoms with Crippen LogP contribution >= 0.6 is 0 Å². The maximum absolute atomic E-state index is 12.6. The van der Waals surface area contributed by atoms with Crippen LogP contribution in [0, 0.1) is 6.92 Å². The Balaban J connectivity index is 3.46. The lowest BCUT2D eigenvalue weighted by molar-refractivity contribution is -0.275. The highest BCUT2D eigenvalue weighted by Crippen LogP contribution is 2.35. The van der Waals surface area contributed by atoms with Crippen LogP contribution in [0.4, 0.5) is 22.0 Å². The fourth-order valence-corrected chi connectivity index (χ4v) is 1.22. The molecule has 100 valence electrons. The molecule has 18 heavy (non-hydrogen) atoms. The van der Waals surface area contributed by atoms with Crippen molar-refractivity contribution < 1.29 is 36.6 Å². The fraction of sp³-hybridized carbons (Fsp3) is 0.333. The van der Waals surface area contributed by atoms with Crippen molar-refractivity contribution >= 4 is 5.97 Å². The third-order valence-electron chi connectivity index (χ3n) is 1.79. The molecular formula is C9H6F5NO3. The molecule has 4 nitrogen and oxygen atoms in total. The maximum atomic E-state index is 12.6. The molecule has 1 rings (SSSR count). The van der Waals surface area contributed by atoms with Gasteiger partial charge in [0.2, 0.25) is 0 Å². The van der Waals surface area contributed by atoms with Gasteiger partial charge in [0.15, 0.2) is 11.4 Å². The summed E-state index contributed by atoms with van der Waals surface area (Å²) in [5, 5.41) is 8.64. The summed E-state index contributed by atoms with van der Waals surface area (Å²) in [6.45, 7) is 1.18. The van der Waals surface area contributed by atoms with Crippen molar-refractivity contribution in [3.8, 4) is 5.75 Å². The second-order valence-electron chi connectivity index (χ2n) is 3.18. The molecule has 0 bridgehead atoms. The molecule has 0 aliphatic carbocycles. The lowest BCUT2D eigenvalue weighted by Crippen LogP contribution is -2.21. The summed E-state index contributed by atoms with van der Waals surface area (Å²) in [6.07, 6.45) is -8.60. The summed E-state index contributed by atoms with van der Waals surface area (Å²) in [5.74, 6) is -3.38. The molecule has 0 fully saturated rings. The molecule has 1 aromatic rings. The molecule has 0 aromatic carbocycles. The highest BCUT2D eigenvalue weighted by molar-refractivity contribution is 5.89. The normalized spacial score (nSPS) is 11.7. The first-order chi connectivity index (χ1) is 8.11. The number of hydrogen-bond acceptors (Lipinski definition) is 3. The van der Waals surface area contributed by atoms with Gasteiger partial charge in [-0.25, -0.2) is 18.6 Å². The minimum absolute atomic E-state index is 0.155. The Kier molecular flexibility index (Phi) is 3.73. The van der Waals surface area contributed by atoms with E-state index in [1.165, 1.54) is 6.92 Å². The van der Waals surface area contributed by atoms with E-state index in [1.807, 2.05) is 0 Å². The molecule has 0 radical (unpaired) electrons. The second kappa shape index (κ2) is 4.75. The molecule has 1 aromatic heterocycles. The van der Waals surface area contributed by atoms with Gasteiger partial charge < -0.3 is 9.84 Å². The van der Waals surface area contributed by atoms with Gasteiger partial charge in [-0.05, 0) is 13.0 Å². The molecule has 1 N–H and O–H groups in total. The van der Waals surface area contributed by atoms with Crippen LogP contribution in [0.1, 0.15) is 28.2 Å². The Morgan fingerprint density at radius 3 is 2.39 bits per heavy atom. The van der Waals surface area contributed by atoms with E-state index in [-0.39, 0.29) is 5.69 Å². The number of hydrogen-bond donors (Lipinski definition) is 1. The molecule has 0 unspecified atom stereocenters. The van der Waals surface area contributed by atoms with Crippen LogP contribution in [-0.2, 0) is 0 Å². The van der Waals surface area contributed by atoms with Crippen molar-refractivity contribution in [3.63, 3.8) is 0 Å². The third-order valence-corrected chi connectivity index (χ3v) is 1.79. The van der Waals surface area contributed by atoms with Crippen molar-refractivity contribution in [2.75, 3.05) is 0 Å². The SMILES string of the molecule is Cc1cc(C(F)F)c(OC(F)(F)F)c(C(=O)O)n1. The number of carboxylic acids is 1. The summed E-state index contributed by atoms with van der Waals surface area (Å²) >= 11 is 0. The average Bonchev–Trinajstić information content (AvgIpc) is 2.17. The number of pyridine rings is 1. The van der Waals surface area contributed by atoms with Crippen LogP contribution in [0.2, 0.25) is 0 Å². The van der Waals surface area contributed by atoms with E-state index in [9.17, 15) is 26.7 Å². The average molecular weight is 271 g/mol. The van der Waals surface area contributed by atoms with E-state index in [1.54, 1.807) is 0 Å². The van der Waals surface area contributed by atoms with Gasteiger partial charge in [0.05, 0.1) is 5.56 Å². The fourth-order valence-electron chi connectivity index (χ4n) is 1.22. The number of aromatic carboxylic acids is 1. The number of aryl methyl sites for hydroxylation is 1. The summed E-state index contributed by atoms with van der Waals surface area (Å²) in [5.41, 5.74) is -2.53. The minimum Gasteiger partial charge on any atom is -0.476 e. The van der Waals surface area contributed by atoms with Crippen molar-refractivity contribution in [3.05, 3.63) is 23.0 Å². The molecule has 0 aliphatic rings. The number of carboxylic acid groups (broad SMARTS) is 1. The number of rotatable bonds is 3. The molecule has 0 saturated heterocycles. The van der Waals surface area contributed by atoms with Crippen LogP contribution in [0.15, 0.2) is 6.07 Å². The standard InChI is InChI=1S/C9H6F5NO3/c1-3-2-4(7(10)11)6(18-9(12,13)14)5(15-3)8(16)17/h2,7H,1H3,(H,16,17). The predicted molar refractivity (Wildman–Crippen MR) is 47.6 cm³/mol. The number of carbonyl (C=O) groups is 1. The van der Waals surface area contributed by atoms with Gasteiger partial charge >= 0.3 is 12.3 Å². The molecule has 0 spiro atoms. The van der Waals surface area contributed by atoms with Gasteiger partial charge in [-0.1, -0.05) is 0 Å². The number of aromatic nitrogens is 1. The predicted octanol–water partition coefficient (Wildman–Crippen LogP) is 2.92. The van der Waals surface area contributed by atoms with Crippen LogP contribution in [0.5, 0.6) is 5.75 Å². The topological polar surface area (TPSA) is 59.4 Å². The Labute approximate surface area is 97.0 Å². The Morgan fingerprint density at radius 1 is 1.44 bits per heavy atom. The lowest BCUT2D eigenvalue weighted by atomic mass is 10.1. The van der Waals surface area contributed by atoms with Gasteiger partial charge in [-0.3, -0.25) is 0 Å². The third kappa shape index (κ3) is 3.28. The van der Waals surface area contributed by atoms with Crippen LogP contribution in [-0.4, -0.2) is 22.4 Å². The minimum atomic E-state index is -5.29. The van der Waals surface area contributed by atoms with E-state index in [4.69, 9.17) is 5.11 Å². The first-order valence-electron chi connectivity index (χ1n) is 4.40. The second-order valence-corrected chi connectivity index (χ2v) is 3.18. The van der Waals surface area contributed by atoms with E-state index in [0.29, 0.717) is 6.07 Å². The van der Waals surface area contributed by atoms with Crippen LogP contribution in [0.3, 0.4) is 0 Å². The Hall–Kier alpha value is -1.93. The number of ether oxygens (including phenoxy) is 1. The van der Waals surface area contributed by atoms with Crippen LogP contribution < -0.4 is 4.74 Å². The molecule has 0 saturated carbocycles. The molecule has 0 atom stereocenters. The van der Waals surface area contributed by atoms with Crippen LogP contribution in [0.25, 0.3) is 0 Å². The lowest BCUT2D eigenvalue weighted by Gasteiger charge is -2.15. The smallest absolute Gasteiger partial charge is 0.476 e. The zero-order valence-corrected chi connectivity index (χ0v) is 8.76. The molecule has 1 heterocycles. The Morgan fingerprint density at radius 2 is 2.00 bits per heavy atom. The zero-order valence-electron chi connectivity index (χ0n) is 8.76. The van der Waals surface area contributed by atoms with Crippen molar-refractivity contribution in [2.45, 2.75) is 19.7 Å². The van der Waals surface area contributed by atoms with E-state index >= 15 is 0 Å². The molecule has 0 aliphatic heterocycles. The van der Waals surface area contributed by atoms with Crippen molar-refractivity contribution in [2.24, 2.45) is 0 Å². The zero-order chi connectivity index (χ0) is 14.1. The number of alkyl halides is 5. The first kappa shape index (κ1) is 14.1. The van der Waals surface area contributed by atoms with Gasteiger partial charge in [-0.2, -0.15) is 0 Å². The summed E-state index contributed by atoms with van der Waals surface area (Å²) in [6, 6.07) is 0.637. The highest BCUT2D eigenvalue weighted by atomic mass is 19.4. The van der Waals surface area contributed by atoms with Gasteiger partial charge in [-0.15, -0.1) is 13.2 Å². The molecule has 9 heteroatoms. The maximum Gasteiger partial charge on any atom is 0.573 e. The van der Waals surface area contributed by atoms with Gasteiger partial charge in [0.25, 0.3) is 6.43 Å². The molecule has 0 amide bonds. The number of halogens is 5. The summed E-state index contributed by atoms with van der Waals surface area (Å²) < 4.78 is 64.6. The van der Waals surface area contributed by atoms with E-state index in [2.05, 4.69) is 9.72 Å². The largest absolute Gasteiger partial charge is 0.573 e. The quantitative estimate of drug-likeness (QED) is 0.859. The van der Waals surface area contributed by atoms with Crippen molar-refractivity contribution in [1.29, 1.82) is 0 Å². The first-order valence-corrected chi connectivity index (χ1v) is 4.40. The van der Waals surface area contributed by atoms with Crippen molar-refractivity contribution in [1.82, 2.24) is 4.98 Å². The van der Waals surface area contributed by atoms with E-state index < -0.39 is 35.8 Å².